The third-order valence-electron chi connectivity index (χ3n) is 2.69. The van der Waals surface area contributed by atoms with Crippen molar-refractivity contribution in [1.29, 1.82) is 0 Å². The quantitative estimate of drug-likeness (QED) is 0.807. The normalized spacial score (nSPS) is 16.1. The molecule has 0 spiro atoms. The SMILES string of the molecule is CC(C)(C1=NCCO1)c1ccc(Br)cc1. The van der Waals surface area contributed by atoms with Crippen molar-refractivity contribution < 1.29 is 4.74 Å². The van der Waals surface area contributed by atoms with Crippen molar-refractivity contribution >= 4 is 21.8 Å². The summed E-state index contributed by atoms with van der Waals surface area (Å²) in [6, 6.07) is 8.31. The van der Waals surface area contributed by atoms with Crippen LogP contribution >= 0.6 is 15.9 Å². The number of hydrogen-bond donors (Lipinski definition) is 0. The predicted octanol–water partition coefficient (Wildman–Crippen LogP) is 3.16. The fourth-order valence-electron chi connectivity index (χ4n) is 1.70. The van der Waals surface area contributed by atoms with Crippen LogP contribution in [0.3, 0.4) is 0 Å². The molecule has 0 amide bonds. The summed E-state index contributed by atoms with van der Waals surface area (Å²) >= 11 is 3.43. The standard InChI is InChI=1S/C12H14BrNO/c1-12(2,11-14-7-8-15-11)9-3-5-10(13)6-4-9/h3-6H,7-8H2,1-2H3. The number of nitrogens with zero attached hydrogens (tertiary/aromatic N) is 1. The topological polar surface area (TPSA) is 21.6 Å². The maximum absolute atomic E-state index is 5.54. The molecule has 1 aromatic carbocycles. The van der Waals surface area contributed by atoms with E-state index in [2.05, 4.69) is 46.9 Å². The van der Waals surface area contributed by atoms with E-state index in [0.29, 0.717) is 0 Å². The van der Waals surface area contributed by atoms with E-state index in [0.717, 1.165) is 23.5 Å². The van der Waals surface area contributed by atoms with Crippen LogP contribution in [-0.2, 0) is 10.2 Å². The van der Waals surface area contributed by atoms with Gasteiger partial charge in [-0.2, -0.15) is 0 Å². The Kier molecular flexibility index (Phi) is 2.83. The van der Waals surface area contributed by atoms with E-state index in [4.69, 9.17) is 4.74 Å². The van der Waals surface area contributed by atoms with Crippen LogP contribution < -0.4 is 0 Å². The average molecular weight is 268 g/mol. The number of ether oxygens (including phenoxy) is 1. The smallest absolute Gasteiger partial charge is 0.193 e. The summed E-state index contributed by atoms with van der Waals surface area (Å²) in [4.78, 5) is 4.39. The van der Waals surface area contributed by atoms with Gasteiger partial charge in [-0.1, -0.05) is 28.1 Å². The van der Waals surface area contributed by atoms with Gasteiger partial charge < -0.3 is 4.74 Å². The third-order valence-corrected chi connectivity index (χ3v) is 3.21. The van der Waals surface area contributed by atoms with E-state index < -0.39 is 0 Å². The molecule has 80 valence electrons. The Morgan fingerprint density at radius 3 is 2.47 bits per heavy atom. The van der Waals surface area contributed by atoms with Crippen LogP contribution in [0.1, 0.15) is 19.4 Å². The highest BCUT2D eigenvalue weighted by atomic mass is 79.9. The molecular weight excluding hydrogens is 254 g/mol. The van der Waals surface area contributed by atoms with E-state index in [9.17, 15) is 0 Å². The lowest BCUT2D eigenvalue weighted by Gasteiger charge is -2.24. The van der Waals surface area contributed by atoms with Crippen LogP contribution in [0.5, 0.6) is 0 Å². The second-order valence-electron chi connectivity index (χ2n) is 4.17. The highest BCUT2D eigenvalue weighted by molar-refractivity contribution is 9.10. The third kappa shape index (κ3) is 2.07. The summed E-state index contributed by atoms with van der Waals surface area (Å²) in [7, 11) is 0. The Balaban J connectivity index is 2.32. The molecule has 0 fully saturated rings. The Morgan fingerprint density at radius 2 is 1.93 bits per heavy atom. The van der Waals surface area contributed by atoms with Crippen molar-refractivity contribution in [1.82, 2.24) is 0 Å². The van der Waals surface area contributed by atoms with Gasteiger partial charge in [-0.25, -0.2) is 0 Å². The molecule has 2 nitrogen and oxygen atoms in total. The first-order valence-electron chi connectivity index (χ1n) is 5.04. The van der Waals surface area contributed by atoms with Crippen molar-refractivity contribution in [2.75, 3.05) is 13.2 Å². The fourth-order valence-corrected chi connectivity index (χ4v) is 1.97. The van der Waals surface area contributed by atoms with Crippen molar-refractivity contribution in [3.05, 3.63) is 34.3 Å². The van der Waals surface area contributed by atoms with Crippen LogP contribution in [0, 0.1) is 0 Å². The number of rotatable bonds is 2. The Morgan fingerprint density at radius 1 is 1.27 bits per heavy atom. The molecule has 0 atom stereocenters. The van der Waals surface area contributed by atoms with E-state index in [1.54, 1.807) is 0 Å². The van der Waals surface area contributed by atoms with Gasteiger partial charge in [-0.3, -0.25) is 4.99 Å². The molecule has 0 aliphatic carbocycles. The molecule has 0 radical (unpaired) electrons. The first kappa shape index (κ1) is 10.7. The molecule has 0 saturated heterocycles. The Bertz CT molecular complexity index is 381. The lowest BCUT2D eigenvalue weighted by molar-refractivity contribution is 0.318. The number of halogens is 1. The summed E-state index contributed by atoms with van der Waals surface area (Å²) in [6.07, 6.45) is 0. The predicted molar refractivity (Wildman–Crippen MR) is 65.4 cm³/mol. The number of aliphatic imine (C=N–C) groups is 1. The van der Waals surface area contributed by atoms with E-state index in [1.807, 2.05) is 12.1 Å². The van der Waals surface area contributed by atoms with E-state index in [-0.39, 0.29) is 5.41 Å². The monoisotopic (exact) mass is 267 g/mol. The molecule has 1 aliphatic rings. The summed E-state index contributed by atoms with van der Waals surface area (Å²) in [5, 5.41) is 0. The molecule has 1 aromatic rings. The van der Waals surface area contributed by atoms with Crippen LogP contribution in [0.2, 0.25) is 0 Å². The summed E-state index contributed by atoms with van der Waals surface area (Å²) in [5.74, 6) is 0.852. The van der Waals surface area contributed by atoms with Gasteiger partial charge in [0.15, 0.2) is 5.90 Å². The lowest BCUT2D eigenvalue weighted by atomic mass is 9.84. The van der Waals surface area contributed by atoms with Gasteiger partial charge in [0.2, 0.25) is 0 Å². The molecule has 0 aromatic heterocycles. The van der Waals surface area contributed by atoms with Gasteiger partial charge in [0.1, 0.15) is 6.61 Å². The van der Waals surface area contributed by atoms with Gasteiger partial charge in [-0.15, -0.1) is 0 Å². The largest absolute Gasteiger partial charge is 0.478 e. The molecule has 15 heavy (non-hydrogen) atoms. The zero-order chi connectivity index (χ0) is 10.9. The van der Waals surface area contributed by atoms with Crippen molar-refractivity contribution in [2.45, 2.75) is 19.3 Å². The summed E-state index contributed by atoms with van der Waals surface area (Å²) in [5.41, 5.74) is 1.10. The van der Waals surface area contributed by atoms with Gasteiger partial charge in [0, 0.05) is 4.47 Å². The maximum atomic E-state index is 5.54. The first-order chi connectivity index (χ1) is 7.10. The Hall–Kier alpha value is -0.830. The minimum absolute atomic E-state index is 0.128. The second-order valence-corrected chi connectivity index (χ2v) is 5.08. The highest BCUT2D eigenvalue weighted by Gasteiger charge is 2.30. The van der Waals surface area contributed by atoms with Crippen LogP contribution in [0.25, 0.3) is 0 Å². The van der Waals surface area contributed by atoms with Crippen LogP contribution in [0.15, 0.2) is 33.7 Å². The molecule has 1 heterocycles. The van der Waals surface area contributed by atoms with Crippen molar-refractivity contribution in [3.8, 4) is 0 Å². The van der Waals surface area contributed by atoms with E-state index >= 15 is 0 Å². The lowest BCUT2D eigenvalue weighted by Crippen LogP contribution is -2.29. The van der Waals surface area contributed by atoms with Gasteiger partial charge in [0.05, 0.1) is 12.0 Å². The van der Waals surface area contributed by atoms with E-state index in [1.165, 1.54) is 5.56 Å². The molecular formula is C12H14BrNO. The number of benzene rings is 1. The average Bonchev–Trinajstić information content (AvgIpc) is 2.71. The zero-order valence-electron chi connectivity index (χ0n) is 8.96. The molecule has 3 heteroatoms. The molecule has 0 saturated carbocycles. The van der Waals surface area contributed by atoms with Gasteiger partial charge in [-0.05, 0) is 31.5 Å². The fraction of sp³-hybridized carbons (Fsp3) is 0.417. The highest BCUT2D eigenvalue weighted by Crippen LogP contribution is 2.28. The zero-order valence-corrected chi connectivity index (χ0v) is 10.5. The molecule has 0 bridgehead atoms. The van der Waals surface area contributed by atoms with Crippen LogP contribution in [-0.4, -0.2) is 19.0 Å². The minimum Gasteiger partial charge on any atom is -0.478 e. The number of hydrogen-bond acceptors (Lipinski definition) is 2. The van der Waals surface area contributed by atoms with Crippen LogP contribution in [0.4, 0.5) is 0 Å². The van der Waals surface area contributed by atoms with Gasteiger partial charge >= 0.3 is 0 Å². The van der Waals surface area contributed by atoms with Gasteiger partial charge in [0.25, 0.3) is 0 Å². The maximum Gasteiger partial charge on any atom is 0.193 e. The molecule has 0 N–H and O–H groups in total. The van der Waals surface area contributed by atoms with Crippen molar-refractivity contribution in [2.24, 2.45) is 4.99 Å². The van der Waals surface area contributed by atoms with Crippen molar-refractivity contribution in [3.63, 3.8) is 0 Å². The molecule has 1 aliphatic heterocycles. The minimum atomic E-state index is -0.128. The summed E-state index contributed by atoms with van der Waals surface area (Å²) < 4.78 is 6.63. The molecule has 0 unspecified atom stereocenters. The second kappa shape index (κ2) is 3.97. The summed E-state index contributed by atoms with van der Waals surface area (Å²) in [6.45, 7) is 5.78. The Labute approximate surface area is 98.5 Å². The molecule has 2 rings (SSSR count). The first-order valence-corrected chi connectivity index (χ1v) is 5.84.